The van der Waals surface area contributed by atoms with Crippen molar-refractivity contribution >= 4 is 12.2 Å². The fourth-order valence-corrected chi connectivity index (χ4v) is 3.03. The van der Waals surface area contributed by atoms with Gasteiger partial charge >= 0.3 is 12.2 Å². The molecule has 2 heterocycles. The van der Waals surface area contributed by atoms with E-state index in [1.807, 2.05) is 30.3 Å². The number of carbonyl (C=O) groups is 2. The van der Waals surface area contributed by atoms with E-state index in [1.165, 1.54) is 0 Å². The first kappa shape index (κ1) is 19.4. The van der Waals surface area contributed by atoms with Gasteiger partial charge in [0, 0.05) is 32.7 Å². The lowest BCUT2D eigenvalue weighted by atomic mass is 10.1. The molecule has 0 saturated carbocycles. The topological polar surface area (TPSA) is 83.1 Å². The van der Waals surface area contributed by atoms with Crippen molar-refractivity contribution in [2.75, 3.05) is 32.7 Å². The van der Waals surface area contributed by atoms with Gasteiger partial charge in [0.25, 0.3) is 0 Å². The van der Waals surface area contributed by atoms with Gasteiger partial charge in [0.2, 0.25) is 0 Å². The SMILES string of the molecule is CC(C)CN1CC(OC(=O)N(Cc2ccccc2)OC(=O)NC2CNC2)C1. The highest BCUT2D eigenvalue weighted by atomic mass is 16.8. The van der Waals surface area contributed by atoms with Crippen molar-refractivity contribution in [3.8, 4) is 0 Å². The van der Waals surface area contributed by atoms with Gasteiger partial charge in [-0.25, -0.2) is 9.59 Å². The third kappa shape index (κ3) is 5.83. The summed E-state index contributed by atoms with van der Waals surface area (Å²) in [5, 5.41) is 6.77. The molecule has 8 heteroatoms. The predicted octanol–water partition coefficient (Wildman–Crippen LogP) is 1.58. The van der Waals surface area contributed by atoms with Crippen molar-refractivity contribution in [2.24, 2.45) is 5.92 Å². The summed E-state index contributed by atoms with van der Waals surface area (Å²) in [5.74, 6) is 0.573. The summed E-state index contributed by atoms with van der Waals surface area (Å²) in [6, 6.07) is 9.39. The molecule has 2 amide bonds. The van der Waals surface area contributed by atoms with Crippen LogP contribution in [0.4, 0.5) is 9.59 Å². The van der Waals surface area contributed by atoms with Crippen molar-refractivity contribution in [3.05, 3.63) is 35.9 Å². The van der Waals surface area contributed by atoms with E-state index in [0.717, 1.165) is 17.2 Å². The Hall–Kier alpha value is -2.32. The largest absolute Gasteiger partial charge is 0.444 e. The predicted molar refractivity (Wildman–Crippen MR) is 99.8 cm³/mol. The van der Waals surface area contributed by atoms with Gasteiger partial charge in [0.15, 0.2) is 0 Å². The molecule has 0 atom stereocenters. The summed E-state index contributed by atoms with van der Waals surface area (Å²) in [6.07, 6.45) is -1.46. The van der Waals surface area contributed by atoms with Crippen LogP contribution in [0.25, 0.3) is 0 Å². The van der Waals surface area contributed by atoms with Crippen LogP contribution in [0.2, 0.25) is 0 Å². The molecule has 2 N–H and O–H groups in total. The van der Waals surface area contributed by atoms with E-state index in [2.05, 4.69) is 29.4 Å². The standard InChI is InChI=1S/C19H28N4O4/c1-14(2)10-22-12-17(13-22)26-19(25)23(11-15-6-4-3-5-7-15)27-18(24)21-16-8-20-9-16/h3-7,14,16-17,20H,8-13H2,1-2H3,(H,21,24). The van der Waals surface area contributed by atoms with E-state index in [9.17, 15) is 9.59 Å². The monoisotopic (exact) mass is 376 g/mol. The van der Waals surface area contributed by atoms with Crippen LogP contribution < -0.4 is 10.6 Å². The van der Waals surface area contributed by atoms with Crippen LogP contribution >= 0.6 is 0 Å². The molecule has 2 saturated heterocycles. The second-order valence-corrected chi connectivity index (χ2v) is 7.52. The highest BCUT2D eigenvalue weighted by Crippen LogP contribution is 2.16. The lowest BCUT2D eigenvalue weighted by Crippen LogP contribution is -2.58. The second kappa shape index (κ2) is 9.05. The minimum atomic E-state index is -0.649. The zero-order valence-corrected chi connectivity index (χ0v) is 15.9. The molecule has 0 unspecified atom stereocenters. The van der Waals surface area contributed by atoms with Crippen LogP contribution in [0.1, 0.15) is 19.4 Å². The molecule has 2 aliphatic rings. The first-order chi connectivity index (χ1) is 13.0. The molecule has 1 aromatic rings. The molecule has 27 heavy (non-hydrogen) atoms. The summed E-state index contributed by atoms with van der Waals surface area (Å²) >= 11 is 0. The maximum atomic E-state index is 12.6. The van der Waals surface area contributed by atoms with Gasteiger partial charge in [-0.15, -0.1) is 5.06 Å². The Morgan fingerprint density at radius 3 is 2.56 bits per heavy atom. The number of carbonyl (C=O) groups excluding carboxylic acids is 2. The van der Waals surface area contributed by atoms with E-state index < -0.39 is 12.2 Å². The quantitative estimate of drug-likeness (QED) is 0.734. The van der Waals surface area contributed by atoms with Crippen LogP contribution in [0.15, 0.2) is 30.3 Å². The normalized spacial score (nSPS) is 17.7. The summed E-state index contributed by atoms with van der Waals surface area (Å²) in [4.78, 5) is 32.1. The Labute approximate surface area is 159 Å². The number of hydrogen-bond acceptors (Lipinski definition) is 6. The first-order valence-corrected chi connectivity index (χ1v) is 9.43. The lowest BCUT2D eigenvalue weighted by molar-refractivity contribution is -0.114. The fraction of sp³-hybridized carbons (Fsp3) is 0.579. The van der Waals surface area contributed by atoms with Gasteiger partial charge in [-0.05, 0) is 11.5 Å². The second-order valence-electron chi connectivity index (χ2n) is 7.52. The zero-order chi connectivity index (χ0) is 19.2. The number of likely N-dealkylation sites (tertiary alicyclic amines) is 1. The molecule has 0 aliphatic carbocycles. The lowest BCUT2D eigenvalue weighted by Gasteiger charge is -2.39. The Balaban J connectivity index is 1.53. The minimum absolute atomic E-state index is 0.0309. The van der Waals surface area contributed by atoms with Gasteiger partial charge < -0.3 is 20.2 Å². The molecule has 8 nitrogen and oxygen atoms in total. The third-order valence-electron chi connectivity index (χ3n) is 4.48. The molecule has 148 valence electrons. The van der Waals surface area contributed by atoms with Gasteiger partial charge in [0.1, 0.15) is 6.10 Å². The van der Waals surface area contributed by atoms with E-state index >= 15 is 0 Å². The maximum Gasteiger partial charge on any atom is 0.444 e. The van der Waals surface area contributed by atoms with Crippen LogP contribution in [0.3, 0.4) is 0 Å². The Kier molecular flexibility index (Phi) is 6.52. The average Bonchev–Trinajstić information content (AvgIpc) is 2.56. The summed E-state index contributed by atoms with van der Waals surface area (Å²) < 4.78 is 5.51. The van der Waals surface area contributed by atoms with Crippen molar-refractivity contribution in [1.29, 1.82) is 0 Å². The highest BCUT2D eigenvalue weighted by Gasteiger charge is 2.33. The molecule has 3 rings (SSSR count). The van der Waals surface area contributed by atoms with Crippen molar-refractivity contribution in [1.82, 2.24) is 20.6 Å². The van der Waals surface area contributed by atoms with E-state index in [-0.39, 0.29) is 18.7 Å². The van der Waals surface area contributed by atoms with E-state index in [0.29, 0.717) is 32.1 Å². The molecule has 0 bridgehead atoms. The first-order valence-electron chi connectivity index (χ1n) is 9.43. The molecular weight excluding hydrogens is 348 g/mol. The van der Waals surface area contributed by atoms with E-state index in [1.54, 1.807) is 0 Å². The Morgan fingerprint density at radius 2 is 1.96 bits per heavy atom. The number of nitrogens with zero attached hydrogens (tertiary/aromatic N) is 2. The van der Waals surface area contributed by atoms with Crippen molar-refractivity contribution in [3.63, 3.8) is 0 Å². The number of ether oxygens (including phenoxy) is 1. The summed E-state index contributed by atoms with van der Waals surface area (Å²) in [6.45, 7) is 8.26. The fourth-order valence-electron chi connectivity index (χ4n) is 3.03. The van der Waals surface area contributed by atoms with Crippen LogP contribution in [-0.4, -0.2) is 67.0 Å². The number of hydrogen-bond donors (Lipinski definition) is 2. The Morgan fingerprint density at radius 1 is 1.26 bits per heavy atom. The molecule has 2 aliphatic heterocycles. The van der Waals surface area contributed by atoms with Gasteiger partial charge in [-0.3, -0.25) is 4.90 Å². The van der Waals surface area contributed by atoms with Gasteiger partial charge in [-0.1, -0.05) is 44.2 Å². The molecule has 0 spiro atoms. The van der Waals surface area contributed by atoms with Gasteiger partial charge in [0.05, 0.1) is 12.6 Å². The number of nitrogens with one attached hydrogen (secondary N) is 2. The average molecular weight is 376 g/mol. The molecule has 0 aromatic heterocycles. The summed E-state index contributed by atoms with van der Waals surface area (Å²) in [7, 11) is 0. The molecule has 0 radical (unpaired) electrons. The zero-order valence-electron chi connectivity index (χ0n) is 15.9. The van der Waals surface area contributed by atoms with Crippen molar-refractivity contribution < 1.29 is 19.2 Å². The highest BCUT2D eigenvalue weighted by molar-refractivity contribution is 5.72. The minimum Gasteiger partial charge on any atom is -0.441 e. The maximum absolute atomic E-state index is 12.6. The Bertz CT molecular complexity index is 630. The van der Waals surface area contributed by atoms with Crippen LogP contribution in [0, 0.1) is 5.92 Å². The number of amides is 2. The molecular formula is C19H28N4O4. The number of benzene rings is 1. The van der Waals surface area contributed by atoms with E-state index in [4.69, 9.17) is 9.57 Å². The van der Waals surface area contributed by atoms with Crippen LogP contribution in [0.5, 0.6) is 0 Å². The van der Waals surface area contributed by atoms with Gasteiger partial charge in [-0.2, -0.15) is 0 Å². The molecule has 1 aromatic carbocycles. The molecule has 2 fully saturated rings. The summed E-state index contributed by atoms with van der Waals surface area (Å²) in [5.41, 5.74) is 0.850. The van der Waals surface area contributed by atoms with Crippen LogP contribution in [-0.2, 0) is 16.1 Å². The third-order valence-corrected chi connectivity index (χ3v) is 4.48. The number of rotatable bonds is 6. The smallest absolute Gasteiger partial charge is 0.441 e. The number of hydroxylamine groups is 2. The van der Waals surface area contributed by atoms with Crippen molar-refractivity contribution in [2.45, 2.75) is 32.5 Å².